The van der Waals surface area contributed by atoms with Crippen LogP contribution in [0.4, 0.5) is 0 Å². The number of halogens is 2. The van der Waals surface area contributed by atoms with Crippen molar-refractivity contribution in [1.29, 1.82) is 0 Å². The highest BCUT2D eigenvalue weighted by atomic mass is 127. The molecule has 0 saturated heterocycles. The Morgan fingerprint density at radius 2 is 1.74 bits per heavy atom. The minimum atomic E-state index is 0.185. The average Bonchev–Trinajstić information content (AvgIpc) is 2.37. The van der Waals surface area contributed by atoms with E-state index in [0.29, 0.717) is 0 Å². The minimum Gasteiger partial charge on any atom is -0.285 e. The van der Waals surface area contributed by atoms with Gasteiger partial charge in [0, 0.05) is 13.4 Å². The van der Waals surface area contributed by atoms with Crippen LogP contribution in [-0.2, 0) is 0 Å². The van der Waals surface area contributed by atoms with Gasteiger partial charge in [-0.2, -0.15) is 0 Å². The minimum absolute atomic E-state index is 0.185. The second-order valence-electron chi connectivity index (χ2n) is 4.53. The zero-order chi connectivity index (χ0) is 13.8. The molecule has 0 aliphatic carbocycles. The fourth-order valence-corrected chi connectivity index (χ4v) is 3.82. The maximum absolute atomic E-state index is 4.65. The molecule has 0 spiro atoms. The predicted molar refractivity (Wildman–Crippen MR) is 99.1 cm³/mol. The number of rotatable bonds is 3. The van der Waals surface area contributed by atoms with E-state index in [-0.39, 0.29) is 6.04 Å². The van der Waals surface area contributed by atoms with Crippen molar-refractivity contribution >= 4 is 51.4 Å². The zero-order valence-corrected chi connectivity index (χ0v) is 15.2. The summed E-state index contributed by atoms with van der Waals surface area (Å²) in [6, 6.07) is 15.1. The smallest absolute Gasteiger partial charge is 0.0731 e. The fraction of sp³-hybridized carbons (Fsp3) is 0.188. The topological polar surface area (TPSA) is 12.4 Å². The van der Waals surface area contributed by atoms with Crippen LogP contribution < -0.4 is 0 Å². The Morgan fingerprint density at radius 1 is 1.05 bits per heavy atom. The van der Waals surface area contributed by atoms with Gasteiger partial charge in [0.25, 0.3) is 0 Å². The second-order valence-corrected chi connectivity index (χ2v) is 6.94. The molecule has 1 nitrogen and oxygen atoms in total. The normalized spacial score (nSPS) is 12.8. The van der Waals surface area contributed by atoms with Gasteiger partial charge >= 0.3 is 0 Å². The third-order valence-corrected chi connectivity index (χ3v) is 4.54. The van der Waals surface area contributed by atoms with Crippen molar-refractivity contribution < 1.29 is 0 Å². The molecular weight excluding hydrogens is 460 g/mol. The van der Waals surface area contributed by atoms with E-state index in [9.17, 15) is 0 Å². The molecule has 3 heteroatoms. The fourth-order valence-electron chi connectivity index (χ4n) is 1.77. The summed E-state index contributed by atoms with van der Waals surface area (Å²) in [5.41, 5.74) is 3.71. The molecule has 1 atom stereocenters. The molecule has 0 radical (unpaired) electrons. The van der Waals surface area contributed by atoms with E-state index >= 15 is 0 Å². The molecule has 0 N–H and O–H groups in total. The molecule has 2 aromatic carbocycles. The quantitative estimate of drug-likeness (QED) is 0.418. The van der Waals surface area contributed by atoms with Gasteiger partial charge in [0.2, 0.25) is 0 Å². The molecule has 1 unspecified atom stereocenters. The summed E-state index contributed by atoms with van der Waals surface area (Å²) in [6.07, 6.45) is 1.96. The predicted octanol–water partition coefficient (Wildman–Crippen LogP) is 5.38. The number of benzene rings is 2. The standard InChI is InChI=1S/C16H15I2N/c1-11-3-5-13(6-4-11)10-19-12(2)15-8-7-14(17)9-16(15)18/h3-10,12H,1-2H3/b19-10-. The maximum atomic E-state index is 4.65. The SMILES string of the molecule is Cc1ccc(/C=N\C(C)c2ccc(I)cc2I)cc1. The average molecular weight is 475 g/mol. The van der Waals surface area contributed by atoms with Gasteiger partial charge in [0.05, 0.1) is 6.04 Å². The van der Waals surface area contributed by atoms with Crippen molar-refractivity contribution in [2.45, 2.75) is 19.9 Å². The van der Waals surface area contributed by atoms with Gasteiger partial charge in [-0.15, -0.1) is 0 Å². The summed E-state index contributed by atoms with van der Waals surface area (Å²) < 4.78 is 2.54. The third-order valence-electron chi connectivity index (χ3n) is 2.94. The summed E-state index contributed by atoms with van der Waals surface area (Å²) in [6.45, 7) is 4.23. The van der Waals surface area contributed by atoms with E-state index < -0.39 is 0 Å². The molecule has 0 aromatic heterocycles. The van der Waals surface area contributed by atoms with Crippen LogP contribution in [0.3, 0.4) is 0 Å². The Kier molecular flexibility index (Phi) is 5.38. The number of aliphatic imine (C=N–C) groups is 1. The van der Waals surface area contributed by atoms with Crippen molar-refractivity contribution in [2.75, 3.05) is 0 Å². The van der Waals surface area contributed by atoms with Gasteiger partial charge in [0.1, 0.15) is 0 Å². The van der Waals surface area contributed by atoms with Crippen LogP contribution in [0.1, 0.15) is 29.7 Å². The lowest BCUT2D eigenvalue weighted by molar-refractivity contribution is 0.819. The van der Waals surface area contributed by atoms with E-state index in [1.165, 1.54) is 18.3 Å². The van der Waals surface area contributed by atoms with Gasteiger partial charge < -0.3 is 0 Å². The van der Waals surface area contributed by atoms with E-state index in [2.05, 4.69) is 106 Å². The van der Waals surface area contributed by atoms with Gasteiger partial charge in [-0.3, -0.25) is 4.99 Å². The maximum Gasteiger partial charge on any atom is 0.0731 e. The highest BCUT2D eigenvalue weighted by Crippen LogP contribution is 2.24. The lowest BCUT2D eigenvalue weighted by Crippen LogP contribution is -1.95. The first-order valence-electron chi connectivity index (χ1n) is 6.11. The van der Waals surface area contributed by atoms with Crippen molar-refractivity contribution in [3.8, 4) is 0 Å². The molecule has 0 aliphatic heterocycles. The van der Waals surface area contributed by atoms with Gasteiger partial charge in [-0.1, -0.05) is 35.9 Å². The lowest BCUT2D eigenvalue weighted by Gasteiger charge is -2.09. The Hall–Kier alpha value is -0.430. The van der Waals surface area contributed by atoms with Crippen molar-refractivity contribution in [1.82, 2.24) is 0 Å². The monoisotopic (exact) mass is 475 g/mol. The first kappa shape index (κ1) is 15.0. The lowest BCUT2D eigenvalue weighted by atomic mass is 10.1. The van der Waals surface area contributed by atoms with Crippen LogP contribution in [0, 0.1) is 14.1 Å². The summed E-state index contributed by atoms with van der Waals surface area (Å²) in [7, 11) is 0. The molecule has 0 bridgehead atoms. The number of nitrogens with zero attached hydrogens (tertiary/aromatic N) is 1. The van der Waals surface area contributed by atoms with Crippen molar-refractivity contribution in [3.63, 3.8) is 0 Å². The van der Waals surface area contributed by atoms with Crippen LogP contribution in [0.5, 0.6) is 0 Å². The molecule has 0 fully saturated rings. The Bertz CT molecular complexity index is 588. The van der Waals surface area contributed by atoms with Crippen molar-refractivity contribution in [3.05, 3.63) is 66.3 Å². The first-order chi connectivity index (χ1) is 9.06. The molecule has 0 saturated carbocycles. The zero-order valence-electron chi connectivity index (χ0n) is 10.9. The Labute approximate surface area is 141 Å². The molecule has 98 valence electrons. The molecular formula is C16H15I2N. The second kappa shape index (κ2) is 6.83. The molecule has 0 aliphatic rings. The Morgan fingerprint density at radius 3 is 2.37 bits per heavy atom. The summed E-state index contributed by atoms with van der Waals surface area (Å²) >= 11 is 4.72. The van der Waals surface area contributed by atoms with E-state index in [4.69, 9.17) is 0 Å². The van der Waals surface area contributed by atoms with Gasteiger partial charge in [0.15, 0.2) is 0 Å². The number of hydrogen-bond donors (Lipinski definition) is 0. The summed E-state index contributed by atoms with van der Waals surface area (Å²) in [4.78, 5) is 4.65. The highest BCUT2D eigenvalue weighted by molar-refractivity contribution is 14.1. The van der Waals surface area contributed by atoms with Crippen LogP contribution in [0.25, 0.3) is 0 Å². The van der Waals surface area contributed by atoms with Crippen LogP contribution >= 0.6 is 45.2 Å². The number of aryl methyl sites for hydroxylation is 1. The van der Waals surface area contributed by atoms with Crippen LogP contribution in [0.15, 0.2) is 47.5 Å². The highest BCUT2D eigenvalue weighted by Gasteiger charge is 2.07. The molecule has 2 rings (SSSR count). The molecule has 19 heavy (non-hydrogen) atoms. The van der Waals surface area contributed by atoms with E-state index in [0.717, 1.165) is 5.56 Å². The van der Waals surface area contributed by atoms with Crippen molar-refractivity contribution in [2.24, 2.45) is 4.99 Å². The van der Waals surface area contributed by atoms with E-state index in [1.807, 2.05) is 6.21 Å². The van der Waals surface area contributed by atoms with E-state index in [1.54, 1.807) is 0 Å². The molecule has 2 aromatic rings. The van der Waals surface area contributed by atoms with Gasteiger partial charge in [-0.25, -0.2) is 0 Å². The molecule has 0 amide bonds. The summed E-state index contributed by atoms with van der Waals surface area (Å²) in [5.74, 6) is 0. The van der Waals surface area contributed by atoms with Crippen LogP contribution in [-0.4, -0.2) is 6.21 Å². The summed E-state index contributed by atoms with van der Waals surface area (Å²) in [5, 5.41) is 0. The molecule has 0 heterocycles. The Balaban J connectivity index is 2.16. The largest absolute Gasteiger partial charge is 0.285 e. The van der Waals surface area contributed by atoms with Crippen LogP contribution in [0.2, 0.25) is 0 Å². The third kappa shape index (κ3) is 4.27. The number of hydrogen-bond acceptors (Lipinski definition) is 1. The van der Waals surface area contributed by atoms with Gasteiger partial charge in [-0.05, 0) is 82.3 Å². The first-order valence-corrected chi connectivity index (χ1v) is 8.27.